The Hall–Kier alpha value is -3.23. The summed E-state index contributed by atoms with van der Waals surface area (Å²) in [5.74, 6) is -2.99. The largest absolute Gasteiger partial charge is 0.339 e. The number of hydrogen-bond acceptors (Lipinski definition) is 8. The van der Waals surface area contributed by atoms with E-state index in [1.54, 1.807) is 30.3 Å². The lowest BCUT2D eigenvalue weighted by molar-refractivity contribution is 0.488. The lowest BCUT2D eigenvalue weighted by atomic mass is 10.1. The molecule has 0 saturated carbocycles. The van der Waals surface area contributed by atoms with Crippen LogP contribution in [0.15, 0.2) is 59.5 Å². The molecule has 6 N–H and O–H groups in total. The summed E-state index contributed by atoms with van der Waals surface area (Å²) in [6.45, 7) is 0. The third kappa shape index (κ3) is 3.92. The molecule has 0 aromatic heterocycles. The average Bonchev–Trinajstić information content (AvgIpc) is 2.97. The molecule has 14 heteroatoms. The van der Waals surface area contributed by atoms with Crippen LogP contribution >= 0.6 is 0 Å². The van der Waals surface area contributed by atoms with Gasteiger partial charge in [0.15, 0.2) is 5.83 Å². The molecule has 2 aromatic rings. The standard InChI is InChI=1S/C17H16F2N6O4S2/c18-12-6-10-9-30(26,27)25-13(10)7-14(12)23-17(31(20,28)29)15(19)8-21-16(24-17)22-11-4-2-1-3-5-11/h1-8,23,25H,9H2,(H2,20,28,29)(H2,21,22,24). The van der Waals surface area contributed by atoms with Gasteiger partial charge >= 0.3 is 4.99 Å². The zero-order valence-corrected chi connectivity index (χ0v) is 17.2. The van der Waals surface area contributed by atoms with Crippen molar-refractivity contribution in [2.24, 2.45) is 10.1 Å². The van der Waals surface area contributed by atoms with Gasteiger partial charge in [0, 0.05) is 11.9 Å². The summed E-state index contributed by atoms with van der Waals surface area (Å²) in [5.41, 5.74) is 0.152. The molecule has 1 unspecified atom stereocenters. The number of aliphatic imine (C=N–C) groups is 1. The number of rotatable bonds is 4. The highest BCUT2D eigenvalue weighted by atomic mass is 32.2. The first kappa shape index (κ1) is 21.0. The SMILES string of the molecule is NS(=O)(=O)C1(Nc2cc3c(cc2F)CS(=O)(=O)N3)N=C(Nc2ccccc2)NC=C1F. The van der Waals surface area contributed by atoms with Crippen molar-refractivity contribution in [1.29, 1.82) is 0 Å². The van der Waals surface area contributed by atoms with E-state index in [9.17, 15) is 25.6 Å². The third-order valence-electron chi connectivity index (χ3n) is 4.48. The number of nitrogens with one attached hydrogen (secondary N) is 4. The van der Waals surface area contributed by atoms with Gasteiger partial charge in [-0.2, -0.15) is 0 Å². The van der Waals surface area contributed by atoms with Gasteiger partial charge < -0.3 is 16.0 Å². The molecule has 1 atom stereocenters. The number of fused-ring (bicyclic) bond motifs is 1. The van der Waals surface area contributed by atoms with Crippen LogP contribution in [0.5, 0.6) is 0 Å². The maximum absolute atomic E-state index is 14.8. The smallest absolute Gasteiger partial charge is 0.304 e. The van der Waals surface area contributed by atoms with Crippen LogP contribution in [0.2, 0.25) is 0 Å². The van der Waals surface area contributed by atoms with E-state index in [1.807, 2.05) is 0 Å². The van der Waals surface area contributed by atoms with Crippen LogP contribution in [0.3, 0.4) is 0 Å². The quantitative estimate of drug-likeness (QED) is 0.451. The van der Waals surface area contributed by atoms with Crippen LogP contribution < -0.4 is 25.8 Å². The summed E-state index contributed by atoms with van der Waals surface area (Å²) in [6, 6.07) is 10.4. The first-order chi connectivity index (χ1) is 14.5. The minimum absolute atomic E-state index is 0.0263. The van der Waals surface area contributed by atoms with Crippen molar-refractivity contribution < 1.29 is 25.6 Å². The summed E-state index contributed by atoms with van der Waals surface area (Å²) in [6.07, 6.45) is 0.712. The van der Waals surface area contributed by atoms with Crippen LogP contribution in [-0.2, 0) is 25.8 Å². The molecule has 2 aliphatic rings. The molecule has 164 valence electrons. The minimum Gasteiger partial charge on any atom is -0.339 e. The molecule has 0 aliphatic carbocycles. The second-order valence-electron chi connectivity index (χ2n) is 6.75. The minimum atomic E-state index is -4.84. The second-order valence-corrected chi connectivity index (χ2v) is 10.2. The molecule has 10 nitrogen and oxygen atoms in total. The molecule has 0 spiro atoms. The van der Waals surface area contributed by atoms with Gasteiger partial charge in [0.25, 0.3) is 10.0 Å². The molecular formula is C17H16F2N6O4S2. The van der Waals surface area contributed by atoms with Gasteiger partial charge in [0.05, 0.1) is 17.1 Å². The highest BCUT2D eigenvalue weighted by molar-refractivity contribution is 7.92. The average molecular weight is 470 g/mol. The molecular weight excluding hydrogens is 454 g/mol. The number of halogens is 2. The molecule has 2 heterocycles. The van der Waals surface area contributed by atoms with Crippen LogP contribution in [0.25, 0.3) is 0 Å². The van der Waals surface area contributed by atoms with E-state index >= 15 is 0 Å². The first-order valence-corrected chi connectivity index (χ1v) is 11.9. The normalized spacial score (nSPS) is 21.8. The Morgan fingerprint density at radius 1 is 1.16 bits per heavy atom. The van der Waals surface area contributed by atoms with Gasteiger partial charge in [-0.25, -0.2) is 35.7 Å². The molecule has 4 rings (SSSR count). The number of nitrogens with two attached hydrogens (primary N) is 1. The van der Waals surface area contributed by atoms with Crippen molar-refractivity contribution in [2.75, 3.05) is 15.4 Å². The second kappa shape index (κ2) is 7.18. The number of primary sulfonamides is 1. The summed E-state index contributed by atoms with van der Waals surface area (Å²) in [5, 5.41) is 12.7. The van der Waals surface area contributed by atoms with E-state index in [-0.39, 0.29) is 17.2 Å². The summed E-state index contributed by atoms with van der Waals surface area (Å²) < 4.78 is 79.9. The fraction of sp³-hybridized carbons (Fsp3) is 0.118. The van der Waals surface area contributed by atoms with E-state index in [2.05, 4.69) is 25.7 Å². The van der Waals surface area contributed by atoms with E-state index < -0.39 is 48.1 Å². The van der Waals surface area contributed by atoms with Crippen molar-refractivity contribution >= 4 is 43.1 Å². The Labute approximate surface area is 176 Å². The van der Waals surface area contributed by atoms with E-state index in [0.29, 0.717) is 11.9 Å². The Morgan fingerprint density at radius 3 is 2.55 bits per heavy atom. The van der Waals surface area contributed by atoms with Crippen LogP contribution in [0.1, 0.15) is 5.56 Å². The third-order valence-corrected chi connectivity index (χ3v) is 6.92. The van der Waals surface area contributed by atoms with Crippen molar-refractivity contribution in [2.45, 2.75) is 10.7 Å². The van der Waals surface area contributed by atoms with E-state index in [0.717, 1.165) is 12.1 Å². The molecule has 0 bridgehead atoms. The fourth-order valence-electron chi connectivity index (χ4n) is 3.07. The molecule has 2 aromatic carbocycles. The highest BCUT2D eigenvalue weighted by Crippen LogP contribution is 2.37. The Balaban J connectivity index is 1.77. The fourth-order valence-corrected chi connectivity index (χ4v) is 5.12. The number of benzene rings is 2. The molecule has 2 aliphatic heterocycles. The van der Waals surface area contributed by atoms with Crippen molar-refractivity contribution in [1.82, 2.24) is 5.32 Å². The Kier molecular flexibility index (Phi) is 4.87. The number of hydrogen-bond donors (Lipinski definition) is 5. The van der Waals surface area contributed by atoms with Gasteiger partial charge in [-0.05, 0) is 29.8 Å². The molecule has 0 amide bonds. The lowest BCUT2D eigenvalue weighted by Gasteiger charge is -2.31. The van der Waals surface area contributed by atoms with Gasteiger partial charge in [0.1, 0.15) is 5.82 Å². The molecule has 0 radical (unpaired) electrons. The van der Waals surface area contributed by atoms with Gasteiger partial charge in [-0.15, -0.1) is 0 Å². The number of nitrogens with zero attached hydrogens (tertiary/aromatic N) is 1. The van der Waals surface area contributed by atoms with Crippen LogP contribution in [0, 0.1) is 5.82 Å². The first-order valence-electron chi connectivity index (χ1n) is 8.67. The zero-order valence-electron chi connectivity index (χ0n) is 15.6. The predicted molar refractivity (Wildman–Crippen MR) is 112 cm³/mol. The number of guanidine groups is 1. The van der Waals surface area contributed by atoms with Crippen molar-refractivity contribution in [3.63, 3.8) is 0 Å². The van der Waals surface area contributed by atoms with Gasteiger partial charge in [-0.1, -0.05) is 18.2 Å². The maximum Gasteiger partial charge on any atom is 0.304 e. The predicted octanol–water partition coefficient (Wildman–Crippen LogP) is 1.32. The van der Waals surface area contributed by atoms with Gasteiger partial charge in [0.2, 0.25) is 16.0 Å². The Morgan fingerprint density at radius 2 is 1.87 bits per heavy atom. The summed E-state index contributed by atoms with van der Waals surface area (Å²) >= 11 is 0. The van der Waals surface area contributed by atoms with Crippen LogP contribution in [0.4, 0.5) is 25.8 Å². The number of sulfonamides is 2. The van der Waals surface area contributed by atoms with Crippen LogP contribution in [-0.4, -0.2) is 27.8 Å². The van der Waals surface area contributed by atoms with Crippen molar-refractivity contribution in [3.05, 3.63) is 65.9 Å². The Bertz CT molecular complexity index is 1330. The number of para-hydroxylation sites is 1. The summed E-state index contributed by atoms with van der Waals surface area (Å²) in [7, 11) is -8.53. The molecule has 31 heavy (non-hydrogen) atoms. The topological polar surface area (TPSA) is 155 Å². The molecule has 0 fully saturated rings. The lowest BCUT2D eigenvalue weighted by Crippen LogP contribution is -2.53. The van der Waals surface area contributed by atoms with E-state index in [4.69, 9.17) is 5.14 Å². The van der Waals surface area contributed by atoms with Crippen molar-refractivity contribution in [3.8, 4) is 0 Å². The summed E-state index contributed by atoms with van der Waals surface area (Å²) in [4.78, 5) is 0.940. The zero-order chi connectivity index (χ0) is 22.4. The monoisotopic (exact) mass is 470 g/mol. The van der Waals surface area contributed by atoms with E-state index in [1.165, 1.54) is 0 Å². The molecule has 0 saturated heterocycles. The maximum atomic E-state index is 14.8. The highest BCUT2D eigenvalue weighted by Gasteiger charge is 2.49. The number of anilines is 3. The van der Waals surface area contributed by atoms with Gasteiger partial charge in [-0.3, -0.25) is 4.72 Å².